The molecule has 39 heavy (non-hydrogen) atoms. The van der Waals surface area contributed by atoms with Gasteiger partial charge >= 0.3 is 5.30 Å². The minimum absolute atomic E-state index is 0.120. The maximum atomic E-state index is 13.1. The molecule has 0 bridgehead atoms. The van der Waals surface area contributed by atoms with Gasteiger partial charge in [0.1, 0.15) is 6.61 Å². The Hall–Kier alpha value is -3.11. The van der Waals surface area contributed by atoms with E-state index in [9.17, 15) is 9.59 Å². The van der Waals surface area contributed by atoms with Gasteiger partial charge in [-0.2, -0.15) is 0 Å². The van der Waals surface area contributed by atoms with E-state index in [4.69, 9.17) is 24.1 Å². The van der Waals surface area contributed by atoms with Crippen molar-refractivity contribution in [1.29, 1.82) is 0 Å². The second-order valence-electron chi connectivity index (χ2n) is 9.39. The van der Waals surface area contributed by atoms with Crippen molar-refractivity contribution in [1.82, 2.24) is 9.80 Å². The van der Waals surface area contributed by atoms with Crippen molar-refractivity contribution in [3.63, 3.8) is 0 Å². The summed E-state index contributed by atoms with van der Waals surface area (Å²) in [6, 6.07) is 14.0. The highest BCUT2D eigenvalue weighted by Crippen LogP contribution is 2.39. The molecule has 0 radical (unpaired) electrons. The maximum absolute atomic E-state index is 13.1. The standard InChI is InChI=1S/C27H36N2O5.C2H4O2S/c1-4-6-13-28(5-2)27(30)17-29-16-21(20-11-12-25-26(15-20)34-19-33-25)14-22(29)18-32-24-10-8-7-9-23(24)31-3;1-5-2(3)4/h7-12,15,21-22H,4-6,13-14,16-19H2,1-3H3;1H3,(H,3,4). The number of rotatable bonds is 11. The van der Waals surface area contributed by atoms with Gasteiger partial charge in [0.15, 0.2) is 23.0 Å². The molecule has 2 aliphatic heterocycles. The number of thioether (sulfide) groups is 1. The van der Waals surface area contributed by atoms with Crippen LogP contribution in [0.5, 0.6) is 23.0 Å². The van der Waals surface area contributed by atoms with Crippen LogP contribution >= 0.6 is 11.8 Å². The van der Waals surface area contributed by atoms with Crippen molar-refractivity contribution in [2.45, 2.75) is 45.1 Å². The van der Waals surface area contributed by atoms with Gasteiger partial charge in [-0.15, -0.1) is 0 Å². The molecule has 214 valence electrons. The molecule has 4 rings (SSSR count). The van der Waals surface area contributed by atoms with Gasteiger partial charge in [0.25, 0.3) is 0 Å². The highest BCUT2D eigenvalue weighted by Gasteiger charge is 2.36. The third-order valence-electron chi connectivity index (χ3n) is 6.93. The van der Waals surface area contributed by atoms with Crippen LogP contribution in [0.4, 0.5) is 4.79 Å². The first kappa shape index (κ1) is 30.4. The predicted octanol–water partition coefficient (Wildman–Crippen LogP) is 5.34. The van der Waals surface area contributed by atoms with Gasteiger partial charge in [-0.3, -0.25) is 9.69 Å². The number of amides is 1. The topological polar surface area (TPSA) is 97.8 Å². The molecule has 2 atom stereocenters. The molecular weight excluding hydrogens is 520 g/mol. The van der Waals surface area contributed by atoms with Gasteiger partial charge in [0, 0.05) is 25.7 Å². The van der Waals surface area contributed by atoms with E-state index in [1.807, 2.05) is 35.2 Å². The molecule has 2 aromatic rings. The first-order chi connectivity index (χ1) is 18.9. The second-order valence-corrected chi connectivity index (χ2v) is 10.1. The number of ether oxygens (including phenoxy) is 4. The molecule has 1 saturated heterocycles. The molecule has 0 saturated carbocycles. The van der Waals surface area contributed by atoms with E-state index in [2.05, 4.69) is 30.9 Å². The Balaban J connectivity index is 0.000000771. The molecule has 2 heterocycles. The Morgan fingerprint density at radius 3 is 2.51 bits per heavy atom. The van der Waals surface area contributed by atoms with E-state index < -0.39 is 5.30 Å². The number of hydrogen-bond acceptors (Lipinski definition) is 8. The van der Waals surface area contributed by atoms with Crippen molar-refractivity contribution in [3.8, 4) is 23.0 Å². The lowest BCUT2D eigenvalue weighted by atomic mass is 9.96. The number of methoxy groups -OCH3 is 1. The molecule has 10 heteroatoms. The largest absolute Gasteiger partial charge is 0.493 e. The molecule has 0 spiro atoms. The quantitative estimate of drug-likeness (QED) is 0.391. The van der Waals surface area contributed by atoms with E-state index in [0.29, 0.717) is 24.8 Å². The first-order valence-corrected chi connectivity index (χ1v) is 14.6. The molecule has 9 nitrogen and oxygen atoms in total. The summed E-state index contributed by atoms with van der Waals surface area (Å²) >= 11 is 0.796. The highest BCUT2D eigenvalue weighted by atomic mass is 32.2. The Morgan fingerprint density at radius 2 is 1.85 bits per heavy atom. The fourth-order valence-electron chi connectivity index (χ4n) is 4.77. The monoisotopic (exact) mass is 560 g/mol. The number of carbonyl (C=O) groups is 2. The van der Waals surface area contributed by atoms with Crippen LogP contribution in [0.15, 0.2) is 42.5 Å². The number of carbonyl (C=O) groups excluding carboxylic acids is 1. The Bertz CT molecular complexity index is 1080. The van der Waals surface area contributed by atoms with Gasteiger partial charge in [-0.1, -0.05) is 31.5 Å². The summed E-state index contributed by atoms with van der Waals surface area (Å²) in [6.45, 7) is 7.72. The first-order valence-electron chi connectivity index (χ1n) is 13.3. The third kappa shape index (κ3) is 8.69. The summed E-state index contributed by atoms with van der Waals surface area (Å²) in [6.07, 6.45) is 4.53. The van der Waals surface area contributed by atoms with Gasteiger partial charge in [-0.25, -0.2) is 4.79 Å². The van der Waals surface area contributed by atoms with Crippen LogP contribution in [0.1, 0.15) is 44.6 Å². The number of likely N-dealkylation sites (tertiary alicyclic amines) is 1. The minimum Gasteiger partial charge on any atom is -0.493 e. The number of likely N-dealkylation sites (N-methyl/N-ethyl adjacent to an activating group) is 1. The number of benzene rings is 2. The number of carboxylic acid groups (broad SMARTS) is 1. The van der Waals surface area contributed by atoms with Crippen LogP contribution in [0.3, 0.4) is 0 Å². The van der Waals surface area contributed by atoms with Crippen LogP contribution in [-0.4, -0.2) is 85.1 Å². The van der Waals surface area contributed by atoms with Gasteiger partial charge in [0.2, 0.25) is 12.7 Å². The summed E-state index contributed by atoms with van der Waals surface area (Å²) in [5.74, 6) is 3.50. The summed E-state index contributed by atoms with van der Waals surface area (Å²) < 4.78 is 22.7. The van der Waals surface area contributed by atoms with Crippen molar-refractivity contribution in [3.05, 3.63) is 48.0 Å². The van der Waals surface area contributed by atoms with E-state index in [1.54, 1.807) is 7.11 Å². The fourth-order valence-corrected chi connectivity index (χ4v) is 4.77. The third-order valence-corrected chi connectivity index (χ3v) is 7.27. The van der Waals surface area contributed by atoms with Crippen molar-refractivity contribution >= 4 is 23.0 Å². The molecule has 2 aliphatic rings. The van der Waals surface area contributed by atoms with E-state index in [-0.39, 0.29) is 18.7 Å². The van der Waals surface area contributed by atoms with Crippen LogP contribution in [0.2, 0.25) is 0 Å². The average molecular weight is 561 g/mol. The molecule has 1 amide bonds. The molecule has 0 aromatic heterocycles. The number of hydrogen-bond donors (Lipinski definition) is 1. The molecule has 1 N–H and O–H groups in total. The summed E-state index contributed by atoms with van der Waals surface area (Å²) in [7, 11) is 1.65. The lowest BCUT2D eigenvalue weighted by Crippen LogP contribution is -2.44. The van der Waals surface area contributed by atoms with Crippen LogP contribution in [0, 0.1) is 0 Å². The molecule has 1 fully saturated rings. The zero-order valence-corrected chi connectivity index (χ0v) is 24.1. The Labute approximate surface area is 235 Å². The summed E-state index contributed by atoms with van der Waals surface area (Å²) in [5.41, 5.74) is 1.21. The second kappa shape index (κ2) is 15.5. The molecule has 2 aromatic carbocycles. The number of fused-ring (bicyclic) bond motifs is 1. The summed E-state index contributed by atoms with van der Waals surface area (Å²) in [4.78, 5) is 26.7. The van der Waals surface area contributed by atoms with Crippen LogP contribution in [0.25, 0.3) is 0 Å². The van der Waals surface area contributed by atoms with Crippen LogP contribution in [-0.2, 0) is 4.79 Å². The fraction of sp³-hybridized carbons (Fsp3) is 0.517. The highest BCUT2D eigenvalue weighted by molar-refractivity contribution is 8.12. The maximum Gasteiger partial charge on any atom is 0.364 e. The van der Waals surface area contributed by atoms with Gasteiger partial charge in [0.05, 0.1) is 13.7 Å². The lowest BCUT2D eigenvalue weighted by molar-refractivity contribution is -0.132. The van der Waals surface area contributed by atoms with Crippen molar-refractivity contribution in [2.75, 3.05) is 52.9 Å². The normalized spacial score (nSPS) is 17.7. The number of nitrogens with zero attached hydrogens (tertiary/aromatic N) is 2. The lowest BCUT2D eigenvalue weighted by Gasteiger charge is -2.28. The zero-order valence-electron chi connectivity index (χ0n) is 23.3. The predicted molar refractivity (Wildman–Crippen MR) is 152 cm³/mol. The number of unbranched alkanes of at least 4 members (excludes halogenated alkanes) is 1. The van der Waals surface area contributed by atoms with E-state index in [1.165, 1.54) is 11.8 Å². The minimum atomic E-state index is -0.829. The van der Waals surface area contributed by atoms with E-state index >= 15 is 0 Å². The SMILES string of the molecule is CCCCN(CC)C(=O)CN1CC(c2ccc3c(c2)OCO3)CC1COc1ccccc1OC.CSC(=O)O. The van der Waals surface area contributed by atoms with E-state index in [0.717, 1.165) is 67.9 Å². The van der Waals surface area contributed by atoms with Gasteiger partial charge in [-0.05, 0) is 73.5 Å². The molecular formula is C29H40N2O7S. The smallest absolute Gasteiger partial charge is 0.364 e. The zero-order chi connectivity index (χ0) is 28.2. The average Bonchev–Trinajstić information content (AvgIpc) is 3.59. The molecule has 0 aliphatic carbocycles. The Morgan fingerprint density at radius 1 is 1.13 bits per heavy atom. The summed E-state index contributed by atoms with van der Waals surface area (Å²) in [5, 5.41) is 6.86. The van der Waals surface area contributed by atoms with Crippen LogP contribution < -0.4 is 18.9 Å². The Kier molecular flexibility index (Phi) is 12.1. The van der Waals surface area contributed by atoms with Crippen molar-refractivity contribution < 1.29 is 33.6 Å². The molecule has 2 unspecified atom stereocenters. The van der Waals surface area contributed by atoms with Gasteiger partial charge < -0.3 is 29.0 Å². The number of para-hydroxylation sites is 2. The van der Waals surface area contributed by atoms with Crippen molar-refractivity contribution in [2.24, 2.45) is 0 Å².